The number of aliphatic hydroxyl groups is 1. The van der Waals surface area contributed by atoms with Crippen molar-refractivity contribution >= 4 is 35.6 Å². The first kappa shape index (κ1) is 26.3. The molecule has 2 unspecified atom stereocenters. The molecule has 0 radical (unpaired) electrons. The van der Waals surface area contributed by atoms with E-state index in [-0.39, 0.29) is 30.5 Å². The smallest absolute Gasteiger partial charge is 0.191 e. The van der Waals surface area contributed by atoms with E-state index in [0.717, 1.165) is 61.4 Å². The molecule has 1 fully saturated rings. The summed E-state index contributed by atoms with van der Waals surface area (Å²) in [5.74, 6) is 3.66. The molecule has 0 saturated carbocycles. The molecule has 0 spiro atoms. The Morgan fingerprint density at radius 3 is 2.75 bits per heavy atom. The van der Waals surface area contributed by atoms with Gasteiger partial charge in [-0.2, -0.15) is 0 Å². The molecule has 1 aliphatic rings. The molecule has 0 bridgehead atoms. The van der Waals surface area contributed by atoms with Gasteiger partial charge in [0.2, 0.25) is 0 Å². The van der Waals surface area contributed by atoms with Gasteiger partial charge in [-0.3, -0.25) is 0 Å². The Bertz CT molecular complexity index is 897. The lowest BCUT2D eigenvalue weighted by atomic mass is 9.96. The maximum absolute atomic E-state index is 10.9. The van der Waals surface area contributed by atoms with Gasteiger partial charge in [0.25, 0.3) is 0 Å². The van der Waals surface area contributed by atoms with E-state index in [9.17, 15) is 5.11 Å². The number of benzene rings is 1. The lowest BCUT2D eigenvalue weighted by molar-refractivity contribution is 0.0657. The van der Waals surface area contributed by atoms with Gasteiger partial charge in [-0.05, 0) is 58.2 Å². The Morgan fingerprint density at radius 1 is 1.31 bits per heavy atom. The Balaban J connectivity index is 0.00000363. The minimum Gasteiger partial charge on any atom is -0.497 e. The van der Waals surface area contributed by atoms with Crippen LogP contribution in [0.4, 0.5) is 5.69 Å². The first-order chi connectivity index (χ1) is 14.8. The summed E-state index contributed by atoms with van der Waals surface area (Å²) in [5.41, 5.74) is 0.902. The lowest BCUT2D eigenvalue weighted by Crippen LogP contribution is -2.41. The van der Waals surface area contributed by atoms with Crippen molar-refractivity contribution in [2.75, 3.05) is 44.7 Å². The van der Waals surface area contributed by atoms with E-state index in [1.165, 1.54) is 5.69 Å². The molecule has 32 heavy (non-hydrogen) atoms. The zero-order chi connectivity index (χ0) is 22.4. The fourth-order valence-corrected chi connectivity index (χ4v) is 4.11. The molecule has 3 rings (SSSR count). The first-order valence-corrected chi connectivity index (χ1v) is 11.0. The summed E-state index contributed by atoms with van der Waals surface area (Å²) < 4.78 is 10.9. The van der Waals surface area contributed by atoms with Gasteiger partial charge in [0.15, 0.2) is 5.96 Å². The van der Waals surface area contributed by atoms with Crippen LogP contribution in [0.25, 0.3) is 0 Å². The molecule has 1 saturated heterocycles. The van der Waals surface area contributed by atoms with Gasteiger partial charge in [-0.25, -0.2) is 4.99 Å². The van der Waals surface area contributed by atoms with Crippen molar-refractivity contribution in [1.29, 1.82) is 0 Å². The number of anilines is 1. The van der Waals surface area contributed by atoms with Crippen LogP contribution in [0.2, 0.25) is 0 Å². The molecule has 178 valence electrons. The number of ether oxygens (including phenoxy) is 1. The van der Waals surface area contributed by atoms with Gasteiger partial charge >= 0.3 is 0 Å². The third-order valence-corrected chi connectivity index (χ3v) is 5.77. The molecule has 3 N–H and O–H groups in total. The van der Waals surface area contributed by atoms with E-state index in [0.29, 0.717) is 5.92 Å². The van der Waals surface area contributed by atoms with Crippen LogP contribution >= 0.6 is 24.0 Å². The predicted molar refractivity (Wildman–Crippen MR) is 140 cm³/mol. The van der Waals surface area contributed by atoms with Crippen LogP contribution < -0.4 is 20.3 Å². The summed E-state index contributed by atoms with van der Waals surface area (Å²) in [6, 6.07) is 10.1. The largest absolute Gasteiger partial charge is 0.497 e. The van der Waals surface area contributed by atoms with Gasteiger partial charge in [0.1, 0.15) is 22.9 Å². The number of methoxy groups -OCH3 is 1. The SMILES string of the molecule is CCNC(=NCC(C)(O)c1cc(C)oc1C)NCC1CCN(c2cccc(OC)c2)C1.I. The van der Waals surface area contributed by atoms with E-state index >= 15 is 0 Å². The highest BCUT2D eigenvalue weighted by atomic mass is 127. The molecule has 7 nitrogen and oxygen atoms in total. The molecule has 1 aromatic carbocycles. The predicted octanol–water partition coefficient (Wildman–Crippen LogP) is 3.81. The van der Waals surface area contributed by atoms with Crippen molar-refractivity contribution in [2.24, 2.45) is 10.9 Å². The summed E-state index contributed by atoms with van der Waals surface area (Å²) in [6.07, 6.45) is 1.12. The zero-order valence-corrected chi connectivity index (χ0v) is 22.1. The fourth-order valence-electron chi connectivity index (χ4n) is 4.11. The van der Waals surface area contributed by atoms with Crippen molar-refractivity contribution in [3.63, 3.8) is 0 Å². The summed E-state index contributed by atoms with van der Waals surface area (Å²) >= 11 is 0. The van der Waals surface area contributed by atoms with E-state index in [1.54, 1.807) is 14.0 Å². The average molecular weight is 556 g/mol. The summed E-state index contributed by atoms with van der Waals surface area (Å²) in [6.45, 7) is 11.4. The molecular weight excluding hydrogens is 519 g/mol. The normalized spacial score (nSPS) is 18.1. The van der Waals surface area contributed by atoms with Crippen LogP contribution in [0.3, 0.4) is 0 Å². The Morgan fingerprint density at radius 2 is 2.09 bits per heavy atom. The molecule has 1 aromatic heterocycles. The monoisotopic (exact) mass is 556 g/mol. The molecule has 1 aliphatic heterocycles. The number of nitrogens with zero attached hydrogens (tertiary/aromatic N) is 2. The van der Waals surface area contributed by atoms with Gasteiger partial charge in [-0.1, -0.05) is 6.07 Å². The standard InChI is InChI=1S/C24H36N4O3.HI/c1-6-25-23(27-16-24(4,29)22-12-17(2)31-18(22)3)26-14-19-10-11-28(15-19)20-8-7-9-21(13-20)30-5;/h7-9,12-13,19,29H,6,10-11,14-16H2,1-5H3,(H2,25,26,27);1H. The number of hydrogen-bond donors (Lipinski definition) is 3. The number of halogens is 1. The highest BCUT2D eigenvalue weighted by Gasteiger charge is 2.28. The maximum Gasteiger partial charge on any atom is 0.191 e. The second-order valence-corrected chi connectivity index (χ2v) is 8.48. The molecule has 2 heterocycles. The number of hydrogen-bond acceptors (Lipinski definition) is 5. The topological polar surface area (TPSA) is 82.3 Å². The van der Waals surface area contributed by atoms with Crippen LogP contribution in [0.15, 0.2) is 39.7 Å². The number of nitrogens with one attached hydrogen (secondary N) is 2. The van der Waals surface area contributed by atoms with Crippen LogP contribution in [-0.2, 0) is 5.60 Å². The maximum atomic E-state index is 10.9. The number of aliphatic imine (C=N–C) groups is 1. The van der Waals surface area contributed by atoms with E-state index in [4.69, 9.17) is 9.15 Å². The molecule has 2 atom stereocenters. The van der Waals surface area contributed by atoms with Crippen molar-refractivity contribution in [3.05, 3.63) is 47.4 Å². The van der Waals surface area contributed by atoms with Crippen molar-refractivity contribution in [3.8, 4) is 5.75 Å². The van der Waals surface area contributed by atoms with E-state index in [2.05, 4.69) is 32.7 Å². The molecule has 2 aromatic rings. The molecule has 8 heteroatoms. The average Bonchev–Trinajstić information content (AvgIpc) is 3.36. The second kappa shape index (κ2) is 11.8. The van der Waals surface area contributed by atoms with Gasteiger partial charge < -0.3 is 29.8 Å². The van der Waals surface area contributed by atoms with Crippen LogP contribution in [-0.4, -0.2) is 50.9 Å². The van der Waals surface area contributed by atoms with Crippen molar-refractivity contribution < 1.29 is 14.3 Å². The summed E-state index contributed by atoms with van der Waals surface area (Å²) in [4.78, 5) is 7.04. The fraction of sp³-hybridized carbons (Fsp3) is 0.542. The molecular formula is C24H37IN4O3. The first-order valence-electron chi connectivity index (χ1n) is 11.0. The minimum absolute atomic E-state index is 0. The Kier molecular flexibility index (Phi) is 9.69. The summed E-state index contributed by atoms with van der Waals surface area (Å²) in [5, 5.41) is 17.7. The third kappa shape index (κ3) is 6.78. The van der Waals surface area contributed by atoms with Gasteiger partial charge in [-0.15, -0.1) is 24.0 Å². The number of furan rings is 1. The molecule has 0 amide bonds. The zero-order valence-electron chi connectivity index (χ0n) is 19.8. The van der Waals surface area contributed by atoms with Crippen molar-refractivity contribution in [1.82, 2.24) is 10.6 Å². The third-order valence-electron chi connectivity index (χ3n) is 5.77. The Labute approximate surface area is 208 Å². The minimum atomic E-state index is -1.08. The summed E-state index contributed by atoms with van der Waals surface area (Å²) in [7, 11) is 1.70. The van der Waals surface area contributed by atoms with E-state index < -0.39 is 5.60 Å². The second-order valence-electron chi connectivity index (χ2n) is 8.48. The highest BCUT2D eigenvalue weighted by molar-refractivity contribution is 14.0. The van der Waals surface area contributed by atoms with Gasteiger partial charge in [0.05, 0.1) is 13.7 Å². The van der Waals surface area contributed by atoms with Gasteiger partial charge in [0, 0.05) is 43.5 Å². The molecule has 0 aliphatic carbocycles. The van der Waals surface area contributed by atoms with Crippen molar-refractivity contribution in [2.45, 2.75) is 39.7 Å². The lowest BCUT2D eigenvalue weighted by Gasteiger charge is -2.22. The highest BCUT2D eigenvalue weighted by Crippen LogP contribution is 2.28. The number of rotatable bonds is 8. The Hall–Kier alpha value is -1.94. The van der Waals surface area contributed by atoms with Crippen LogP contribution in [0.1, 0.15) is 37.4 Å². The quantitative estimate of drug-likeness (QED) is 0.261. The number of guanidine groups is 1. The van der Waals surface area contributed by atoms with Crippen LogP contribution in [0, 0.1) is 19.8 Å². The van der Waals surface area contributed by atoms with E-state index in [1.807, 2.05) is 39.0 Å². The number of aryl methyl sites for hydroxylation is 2. The van der Waals surface area contributed by atoms with Crippen LogP contribution in [0.5, 0.6) is 5.75 Å².